The van der Waals surface area contributed by atoms with Gasteiger partial charge in [-0.3, -0.25) is 9.78 Å². The van der Waals surface area contributed by atoms with Crippen molar-refractivity contribution < 1.29 is 27.4 Å². The van der Waals surface area contributed by atoms with E-state index < -0.39 is 6.36 Å². The summed E-state index contributed by atoms with van der Waals surface area (Å²) in [7, 11) is 1.45. The molecule has 8 nitrogen and oxygen atoms in total. The number of hydrogen-bond acceptors (Lipinski definition) is 7. The van der Waals surface area contributed by atoms with Gasteiger partial charge in [0.1, 0.15) is 23.0 Å². The summed E-state index contributed by atoms with van der Waals surface area (Å²) in [6, 6.07) is 10.5. The fourth-order valence-corrected chi connectivity index (χ4v) is 3.89. The zero-order valence-corrected chi connectivity index (χ0v) is 18.2. The number of nitrogens with two attached hydrogens (primary N) is 1. The van der Waals surface area contributed by atoms with Crippen LogP contribution in [-0.2, 0) is 0 Å². The van der Waals surface area contributed by atoms with Crippen LogP contribution in [0.5, 0.6) is 11.5 Å². The van der Waals surface area contributed by atoms with Crippen LogP contribution < -0.4 is 15.2 Å². The number of methoxy groups -OCH3 is 1. The van der Waals surface area contributed by atoms with Gasteiger partial charge in [-0.05, 0) is 42.7 Å². The Morgan fingerprint density at radius 1 is 1.09 bits per heavy atom. The largest absolute Gasteiger partial charge is 0.573 e. The number of aromatic nitrogens is 3. The van der Waals surface area contributed by atoms with E-state index in [9.17, 15) is 18.0 Å². The predicted octanol–water partition coefficient (Wildman–Crippen LogP) is 4.05. The number of carbonyl (C=O) groups excluding carboxylic acids is 1. The molecule has 11 heteroatoms. The van der Waals surface area contributed by atoms with Crippen molar-refractivity contribution in [1.29, 1.82) is 0 Å². The Morgan fingerprint density at radius 3 is 2.38 bits per heavy atom. The number of pyridine rings is 1. The summed E-state index contributed by atoms with van der Waals surface area (Å²) in [6.07, 6.45) is -1.81. The van der Waals surface area contributed by atoms with Crippen molar-refractivity contribution in [1.82, 2.24) is 20.1 Å². The first-order chi connectivity index (χ1) is 16.2. The van der Waals surface area contributed by atoms with E-state index in [2.05, 4.69) is 19.9 Å². The number of amides is 1. The molecule has 0 radical (unpaired) electrons. The normalized spacial score (nSPS) is 14.6. The molecule has 0 saturated carbocycles. The Kier molecular flexibility index (Phi) is 6.53. The number of rotatable bonds is 5. The lowest BCUT2D eigenvalue weighted by Crippen LogP contribution is -2.38. The Labute approximate surface area is 193 Å². The van der Waals surface area contributed by atoms with E-state index in [1.807, 2.05) is 6.07 Å². The molecule has 1 aromatic carbocycles. The first-order valence-electron chi connectivity index (χ1n) is 10.5. The first-order valence-corrected chi connectivity index (χ1v) is 10.5. The standard InChI is InChI=1S/C23H22F3N5O3/c1-33-20-12-19(28-13-17(20)14-2-4-16(5-3-14)34-23(24,25)26)22(32)31-10-8-15(9-11-31)18-6-7-21(27)30-29-18/h2-7,12-13,15H,8-11H2,1H3,(H2,27,30). The second-order valence-electron chi connectivity index (χ2n) is 7.79. The molecular formula is C23H22F3N5O3. The van der Waals surface area contributed by atoms with E-state index in [0.29, 0.717) is 35.8 Å². The average molecular weight is 473 g/mol. The van der Waals surface area contributed by atoms with Gasteiger partial charge in [0.2, 0.25) is 0 Å². The third-order valence-corrected chi connectivity index (χ3v) is 5.61. The van der Waals surface area contributed by atoms with Crippen LogP contribution in [0.4, 0.5) is 19.0 Å². The number of hydrogen-bond donors (Lipinski definition) is 1. The Bertz CT molecular complexity index is 1150. The highest BCUT2D eigenvalue weighted by molar-refractivity contribution is 5.93. The molecule has 4 rings (SSSR count). The quantitative estimate of drug-likeness (QED) is 0.596. The number of benzene rings is 1. The highest BCUT2D eigenvalue weighted by atomic mass is 19.4. The second-order valence-corrected chi connectivity index (χ2v) is 7.79. The van der Waals surface area contributed by atoms with Crippen LogP contribution in [0.1, 0.15) is 34.9 Å². The number of alkyl halides is 3. The number of nitrogen functional groups attached to an aromatic ring is 1. The number of piperidine rings is 1. The molecule has 0 spiro atoms. The lowest BCUT2D eigenvalue weighted by molar-refractivity contribution is -0.274. The maximum Gasteiger partial charge on any atom is 0.573 e. The van der Waals surface area contributed by atoms with E-state index in [4.69, 9.17) is 10.5 Å². The Balaban J connectivity index is 1.45. The fourth-order valence-electron chi connectivity index (χ4n) is 3.89. The third-order valence-electron chi connectivity index (χ3n) is 5.61. The minimum Gasteiger partial charge on any atom is -0.496 e. The molecule has 1 aliphatic heterocycles. The van der Waals surface area contributed by atoms with Crippen LogP contribution in [0, 0.1) is 0 Å². The average Bonchev–Trinajstić information content (AvgIpc) is 2.83. The van der Waals surface area contributed by atoms with E-state index in [0.717, 1.165) is 18.5 Å². The highest BCUT2D eigenvalue weighted by Crippen LogP contribution is 2.33. The molecule has 2 aromatic heterocycles. The fraction of sp³-hybridized carbons (Fsp3) is 0.304. The molecular weight excluding hydrogens is 451 g/mol. The number of ether oxygens (including phenoxy) is 2. The number of halogens is 3. The van der Waals surface area contributed by atoms with Crippen molar-refractivity contribution in [2.45, 2.75) is 25.1 Å². The maximum atomic E-state index is 13.0. The molecule has 0 atom stereocenters. The Morgan fingerprint density at radius 2 is 1.79 bits per heavy atom. The van der Waals surface area contributed by atoms with Crippen LogP contribution >= 0.6 is 0 Å². The van der Waals surface area contributed by atoms with Gasteiger partial charge >= 0.3 is 6.36 Å². The molecule has 34 heavy (non-hydrogen) atoms. The summed E-state index contributed by atoms with van der Waals surface area (Å²) < 4.78 is 46.5. The SMILES string of the molecule is COc1cc(C(=O)N2CCC(c3ccc(N)nn3)CC2)ncc1-c1ccc(OC(F)(F)F)cc1. The van der Waals surface area contributed by atoms with Crippen LogP contribution in [0.25, 0.3) is 11.1 Å². The van der Waals surface area contributed by atoms with Gasteiger partial charge in [-0.25, -0.2) is 0 Å². The zero-order valence-electron chi connectivity index (χ0n) is 18.2. The van der Waals surface area contributed by atoms with E-state index in [1.54, 1.807) is 11.0 Å². The van der Waals surface area contributed by atoms with Gasteiger partial charge in [-0.1, -0.05) is 12.1 Å². The lowest BCUT2D eigenvalue weighted by Gasteiger charge is -2.31. The molecule has 0 aliphatic carbocycles. The molecule has 2 N–H and O–H groups in total. The summed E-state index contributed by atoms with van der Waals surface area (Å²) in [5.74, 6) is 0.399. The van der Waals surface area contributed by atoms with Crippen molar-refractivity contribution in [2.24, 2.45) is 0 Å². The van der Waals surface area contributed by atoms with Crippen LogP contribution in [-0.4, -0.2) is 52.6 Å². The molecule has 1 aliphatic rings. The second kappa shape index (κ2) is 9.54. The smallest absolute Gasteiger partial charge is 0.496 e. The number of likely N-dealkylation sites (tertiary alicyclic amines) is 1. The van der Waals surface area contributed by atoms with Gasteiger partial charge in [-0.15, -0.1) is 18.3 Å². The summed E-state index contributed by atoms with van der Waals surface area (Å²) in [4.78, 5) is 19.0. The van der Waals surface area contributed by atoms with Crippen molar-refractivity contribution in [2.75, 3.05) is 25.9 Å². The van der Waals surface area contributed by atoms with E-state index in [1.165, 1.54) is 43.6 Å². The minimum atomic E-state index is -4.76. The van der Waals surface area contributed by atoms with Gasteiger partial charge in [0.25, 0.3) is 5.91 Å². The summed E-state index contributed by atoms with van der Waals surface area (Å²) in [5, 5.41) is 8.04. The predicted molar refractivity (Wildman–Crippen MR) is 117 cm³/mol. The number of anilines is 1. The third kappa shape index (κ3) is 5.36. The summed E-state index contributed by atoms with van der Waals surface area (Å²) >= 11 is 0. The van der Waals surface area contributed by atoms with Gasteiger partial charge in [0.05, 0.1) is 12.8 Å². The molecule has 3 aromatic rings. The van der Waals surface area contributed by atoms with Crippen LogP contribution in [0.2, 0.25) is 0 Å². The Hall–Kier alpha value is -3.89. The summed E-state index contributed by atoms with van der Waals surface area (Å²) in [6.45, 7) is 1.09. The molecule has 3 heterocycles. The molecule has 178 valence electrons. The van der Waals surface area contributed by atoms with Crippen molar-refractivity contribution in [3.63, 3.8) is 0 Å². The lowest BCUT2D eigenvalue weighted by atomic mass is 9.93. The molecule has 0 unspecified atom stereocenters. The first kappa shape index (κ1) is 23.3. The van der Waals surface area contributed by atoms with Crippen molar-refractivity contribution in [3.8, 4) is 22.6 Å². The van der Waals surface area contributed by atoms with Gasteiger partial charge in [-0.2, -0.15) is 5.10 Å². The number of carbonyl (C=O) groups is 1. The molecule has 1 saturated heterocycles. The van der Waals surface area contributed by atoms with Gasteiger partial charge in [0.15, 0.2) is 0 Å². The van der Waals surface area contributed by atoms with Crippen LogP contribution in [0.3, 0.4) is 0 Å². The van der Waals surface area contributed by atoms with Crippen molar-refractivity contribution in [3.05, 3.63) is 60.0 Å². The van der Waals surface area contributed by atoms with E-state index in [-0.39, 0.29) is 23.3 Å². The monoisotopic (exact) mass is 473 g/mol. The molecule has 1 fully saturated rings. The van der Waals surface area contributed by atoms with Crippen LogP contribution in [0.15, 0.2) is 48.7 Å². The molecule has 1 amide bonds. The minimum absolute atomic E-state index is 0.200. The van der Waals surface area contributed by atoms with Crippen molar-refractivity contribution >= 4 is 11.7 Å². The molecule has 0 bridgehead atoms. The van der Waals surface area contributed by atoms with Gasteiger partial charge in [0, 0.05) is 36.8 Å². The van der Waals surface area contributed by atoms with E-state index >= 15 is 0 Å². The summed E-state index contributed by atoms with van der Waals surface area (Å²) in [5.41, 5.74) is 7.79. The topological polar surface area (TPSA) is 103 Å². The number of nitrogens with zero attached hydrogens (tertiary/aromatic N) is 4. The maximum absolute atomic E-state index is 13.0. The highest BCUT2D eigenvalue weighted by Gasteiger charge is 2.31. The van der Waals surface area contributed by atoms with Gasteiger partial charge < -0.3 is 20.1 Å². The zero-order chi connectivity index (χ0) is 24.3.